The highest BCUT2D eigenvalue weighted by atomic mass is 32.1. The Balaban J connectivity index is 1.70. The number of nitrogen functional groups attached to an aromatic ring is 1. The van der Waals surface area contributed by atoms with E-state index in [1.807, 2.05) is 0 Å². The molecule has 108 valence electrons. The van der Waals surface area contributed by atoms with Gasteiger partial charge in [-0.05, 0) is 45.8 Å². The molecule has 0 spiro atoms. The number of ether oxygens (including phenoxy) is 1. The van der Waals surface area contributed by atoms with Gasteiger partial charge >= 0.3 is 0 Å². The molecule has 3 rings (SSSR count). The number of fused-ring (bicyclic) bond motifs is 1. The highest BCUT2D eigenvalue weighted by Gasteiger charge is 2.20. The molecular formula is C14H20N4OS. The van der Waals surface area contributed by atoms with Crippen LogP contribution in [0.2, 0.25) is 0 Å². The lowest BCUT2D eigenvalue weighted by atomic mass is 10.1. The number of thiophene rings is 1. The minimum atomic E-state index is 0.285. The Labute approximate surface area is 122 Å². The van der Waals surface area contributed by atoms with E-state index < -0.39 is 0 Å². The number of likely N-dealkylation sites (tertiary alicyclic amines) is 1. The second-order valence-electron chi connectivity index (χ2n) is 5.38. The average molecular weight is 292 g/mol. The first kappa shape index (κ1) is 13.6. The van der Waals surface area contributed by atoms with Crippen LogP contribution in [0.25, 0.3) is 10.2 Å². The fourth-order valence-corrected chi connectivity index (χ4v) is 3.65. The third kappa shape index (κ3) is 2.71. The largest absolute Gasteiger partial charge is 0.477 e. The summed E-state index contributed by atoms with van der Waals surface area (Å²) in [5.74, 6) is 0.907. The summed E-state index contributed by atoms with van der Waals surface area (Å²) in [4.78, 5) is 13.0. The summed E-state index contributed by atoms with van der Waals surface area (Å²) in [7, 11) is 2.18. The van der Waals surface area contributed by atoms with Crippen molar-refractivity contribution in [3.8, 4) is 5.88 Å². The number of nitrogens with two attached hydrogens (primary N) is 1. The fourth-order valence-electron chi connectivity index (χ4n) is 2.78. The molecule has 1 unspecified atom stereocenters. The number of anilines is 1. The van der Waals surface area contributed by atoms with Crippen LogP contribution in [0.15, 0.2) is 6.07 Å². The normalized spacial score (nSPS) is 19.8. The van der Waals surface area contributed by atoms with E-state index in [0.717, 1.165) is 16.6 Å². The lowest BCUT2D eigenvalue weighted by molar-refractivity contribution is 0.230. The summed E-state index contributed by atoms with van der Waals surface area (Å²) < 4.78 is 5.87. The summed E-state index contributed by atoms with van der Waals surface area (Å²) in [5, 5.41) is 0.974. The monoisotopic (exact) mass is 292 g/mol. The molecule has 1 aliphatic heterocycles. The van der Waals surface area contributed by atoms with Crippen molar-refractivity contribution in [3.63, 3.8) is 0 Å². The standard InChI is InChI=1S/C14H20N4OS/c1-9-8-11-12(16-14(15)17-13(11)20-9)19-7-5-10-4-3-6-18(10)2/h8,10H,3-7H2,1-2H3,(H2,15,16,17). The lowest BCUT2D eigenvalue weighted by Crippen LogP contribution is -2.26. The van der Waals surface area contributed by atoms with Crippen molar-refractivity contribution >= 4 is 27.5 Å². The van der Waals surface area contributed by atoms with Crippen molar-refractivity contribution in [2.75, 3.05) is 25.9 Å². The van der Waals surface area contributed by atoms with Gasteiger partial charge in [-0.25, -0.2) is 4.98 Å². The molecule has 1 atom stereocenters. The van der Waals surface area contributed by atoms with Crippen LogP contribution in [0.3, 0.4) is 0 Å². The van der Waals surface area contributed by atoms with Crippen molar-refractivity contribution in [2.45, 2.75) is 32.2 Å². The zero-order valence-corrected chi connectivity index (χ0v) is 12.7. The first-order valence-electron chi connectivity index (χ1n) is 7.00. The molecule has 0 radical (unpaired) electrons. The molecule has 2 aromatic heterocycles. The minimum absolute atomic E-state index is 0.285. The van der Waals surface area contributed by atoms with Gasteiger partial charge in [0.25, 0.3) is 0 Å². The van der Waals surface area contributed by atoms with Gasteiger partial charge in [-0.3, -0.25) is 0 Å². The molecule has 1 saturated heterocycles. The van der Waals surface area contributed by atoms with Crippen molar-refractivity contribution in [2.24, 2.45) is 0 Å². The van der Waals surface area contributed by atoms with Crippen LogP contribution >= 0.6 is 11.3 Å². The van der Waals surface area contributed by atoms with Gasteiger partial charge in [0.1, 0.15) is 4.83 Å². The Bertz CT molecular complexity index is 612. The Morgan fingerprint density at radius 2 is 2.35 bits per heavy atom. The lowest BCUT2D eigenvalue weighted by Gasteiger charge is -2.19. The maximum Gasteiger partial charge on any atom is 0.227 e. The number of nitrogens with zero attached hydrogens (tertiary/aromatic N) is 3. The smallest absolute Gasteiger partial charge is 0.227 e. The second-order valence-corrected chi connectivity index (χ2v) is 6.61. The second kappa shape index (κ2) is 5.54. The summed E-state index contributed by atoms with van der Waals surface area (Å²) >= 11 is 1.62. The maximum atomic E-state index is 5.87. The number of rotatable bonds is 4. The van der Waals surface area contributed by atoms with Gasteiger partial charge < -0.3 is 15.4 Å². The third-order valence-corrected chi connectivity index (χ3v) is 4.80. The molecule has 0 bridgehead atoms. The zero-order chi connectivity index (χ0) is 14.1. The van der Waals surface area contributed by atoms with Crippen LogP contribution in [0, 0.1) is 6.92 Å². The van der Waals surface area contributed by atoms with E-state index in [1.165, 1.54) is 24.3 Å². The highest BCUT2D eigenvalue weighted by molar-refractivity contribution is 7.18. The number of hydrogen-bond donors (Lipinski definition) is 1. The van der Waals surface area contributed by atoms with Gasteiger partial charge in [0.05, 0.1) is 12.0 Å². The van der Waals surface area contributed by atoms with Crippen LogP contribution in [0.4, 0.5) is 5.95 Å². The van der Waals surface area contributed by atoms with Crippen LogP contribution in [0.1, 0.15) is 24.1 Å². The highest BCUT2D eigenvalue weighted by Crippen LogP contribution is 2.30. The Morgan fingerprint density at radius 1 is 1.50 bits per heavy atom. The molecule has 0 amide bonds. The number of aryl methyl sites for hydroxylation is 1. The quantitative estimate of drug-likeness (QED) is 0.937. The van der Waals surface area contributed by atoms with Gasteiger partial charge in [0, 0.05) is 10.9 Å². The van der Waals surface area contributed by atoms with Crippen LogP contribution in [-0.2, 0) is 0 Å². The van der Waals surface area contributed by atoms with Gasteiger partial charge in [0.2, 0.25) is 11.8 Å². The zero-order valence-electron chi connectivity index (χ0n) is 11.9. The van der Waals surface area contributed by atoms with Crippen LogP contribution in [-0.4, -0.2) is 41.1 Å². The summed E-state index contributed by atoms with van der Waals surface area (Å²) in [6.07, 6.45) is 3.58. The molecule has 3 heterocycles. The topological polar surface area (TPSA) is 64.3 Å². The van der Waals surface area contributed by atoms with Crippen molar-refractivity contribution in [1.29, 1.82) is 0 Å². The third-order valence-electron chi connectivity index (χ3n) is 3.86. The molecule has 0 saturated carbocycles. The molecule has 2 aromatic rings. The average Bonchev–Trinajstić information content (AvgIpc) is 2.95. The molecule has 2 N–H and O–H groups in total. The number of aromatic nitrogens is 2. The van der Waals surface area contributed by atoms with Crippen molar-refractivity contribution < 1.29 is 4.74 Å². The van der Waals surface area contributed by atoms with E-state index in [0.29, 0.717) is 18.5 Å². The van der Waals surface area contributed by atoms with Crippen molar-refractivity contribution in [3.05, 3.63) is 10.9 Å². The number of hydrogen-bond acceptors (Lipinski definition) is 6. The van der Waals surface area contributed by atoms with Gasteiger partial charge in [-0.15, -0.1) is 11.3 Å². The van der Waals surface area contributed by atoms with E-state index >= 15 is 0 Å². The molecule has 0 aliphatic carbocycles. The SMILES string of the molecule is Cc1cc2c(OCCC3CCCN3C)nc(N)nc2s1. The molecule has 1 aliphatic rings. The van der Waals surface area contributed by atoms with E-state index in [9.17, 15) is 0 Å². The van der Waals surface area contributed by atoms with Crippen LogP contribution < -0.4 is 10.5 Å². The van der Waals surface area contributed by atoms with E-state index in [2.05, 4.69) is 34.9 Å². The molecule has 6 heteroatoms. The summed E-state index contributed by atoms with van der Waals surface area (Å²) in [6.45, 7) is 3.92. The molecule has 5 nitrogen and oxygen atoms in total. The predicted octanol–water partition coefficient (Wildman–Crippen LogP) is 2.45. The first-order valence-corrected chi connectivity index (χ1v) is 7.82. The maximum absolute atomic E-state index is 5.87. The molecule has 1 fully saturated rings. The molecular weight excluding hydrogens is 272 g/mol. The van der Waals surface area contributed by atoms with E-state index in [-0.39, 0.29) is 5.95 Å². The summed E-state index contributed by atoms with van der Waals surface area (Å²) in [6, 6.07) is 2.70. The van der Waals surface area contributed by atoms with Gasteiger partial charge in [-0.1, -0.05) is 0 Å². The first-order chi connectivity index (χ1) is 9.63. The fraction of sp³-hybridized carbons (Fsp3) is 0.571. The van der Waals surface area contributed by atoms with E-state index in [1.54, 1.807) is 11.3 Å². The Morgan fingerprint density at radius 3 is 3.10 bits per heavy atom. The molecule has 20 heavy (non-hydrogen) atoms. The Kier molecular flexibility index (Phi) is 3.76. The van der Waals surface area contributed by atoms with Crippen LogP contribution in [0.5, 0.6) is 5.88 Å². The summed E-state index contributed by atoms with van der Waals surface area (Å²) in [5.41, 5.74) is 5.75. The minimum Gasteiger partial charge on any atom is -0.477 e. The van der Waals surface area contributed by atoms with E-state index in [4.69, 9.17) is 10.5 Å². The molecule has 0 aromatic carbocycles. The van der Waals surface area contributed by atoms with Gasteiger partial charge in [0.15, 0.2) is 0 Å². The van der Waals surface area contributed by atoms with Crippen molar-refractivity contribution in [1.82, 2.24) is 14.9 Å². The Hall–Kier alpha value is -1.40. The predicted molar refractivity (Wildman–Crippen MR) is 82.3 cm³/mol. The van der Waals surface area contributed by atoms with Gasteiger partial charge in [-0.2, -0.15) is 4.98 Å².